The third kappa shape index (κ3) is 1.49. The summed E-state index contributed by atoms with van der Waals surface area (Å²) in [6.45, 7) is -2.33. The van der Waals surface area contributed by atoms with Gasteiger partial charge in [-0.2, -0.15) is 0 Å². The highest BCUT2D eigenvalue weighted by atomic mass is 16.4. The van der Waals surface area contributed by atoms with E-state index in [1.54, 1.807) is 29.6 Å². The van der Waals surface area contributed by atoms with Crippen molar-refractivity contribution in [2.75, 3.05) is 0 Å². The lowest BCUT2D eigenvalue weighted by Gasteiger charge is -2.00. The Morgan fingerprint density at radius 2 is 2.43 bits per heavy atom. The maximum absolute atomic E-state index is 10.4. The first-order valence-electron chi connectivity index (χ1n) is 4.83. The van der Waals surface area contributed by atoms with Crippen molar-refractivity contribution >= 4 is 17.1 Å². The molecule has 2 N–H and O–H groups in total. The summed E-state index contributed by atoms with van der Waals surface area (Å²) in [6.07, 6.45) is -1.47. The number of rotatable bonds is 2. The van der Waals surface area contributed by atoms with Gasteiger partial charge in [-0.05, 0) is 12.1 Å². The van der Waals surface area contributed by atoms with Crippen molar-refractivity contribution in [2.24, 2.45) is 0 Å². The molecule has 0 fully saturated rings. The van der Waals surface area contributed by atoms with Gasteiger partial charge in [0.1, 0.15) is 12.1 Å². The van der Waals surface area contributed by atoms with Gasteiger partial charge < -0.3 is 10.4 Å². The van der Waals surface area contributed by atoms with Gasteiger partial charge in [0.05, 0.1) is 8.26 Å². The molecule has 0 aliphatic rings. The van der Waals surface area contributed by atoms with Crippen LogP contribution in [0.1, 0.15) is 2.74 Å². The molecule has 6 nitrogen and oxygen atoms in total. The summed E-state index contributed by atoms with van der Waals surface area (Å²) >= 11 is 0. The molecule has 6 heteroatoms. The van der Waals surface area contributed by atoms with E-state index in [-0.39, 0.29) is 0 Å². The van der Waals surface area contributed by atoms with Crippen LogP contribution in [0.5, 0.6) is 0 Å². The van der Waals surface area contributed by atoms with E-state index in [4.69, 9.17) is 7.85 Å². The summed E-state index contributed by atoms with van der Waals surface area (Å²) in [4.78, 5) is 10.4. The molecule has 0 saturated carbocycles. The Hall–Kier alpha value is -2.11. The Bertz CT molecular complexity index is 540. The molecule has 0 spiro atoms. The van der Waals surface area contributed by atoms with Gasteiger partial charge in [-0.3, -0.25) is 0 Å². The molecule has 1 heterocycles. The summed E-state index contributed by atoms with van der Waals surface area (Å²) in [5, 5.41) is 17.5. The average Bonchev–Trinajstić information content (AvgIpc) is 2.59. The fraction of sp³-hybridized carbons (Fsp3) is 0.125. The SMILES string of the molecule is [2H]C([2H])(NC(=O)O)n1nnc2ccccc21. The third-order valence-corrected chi connectivity index (χ3v) is 1.62. The molecule has 0 aliphatic heterocycles. The largest absolute Gasteiger partial charge is 0.465 e. The number of para-hydroxylation sites is 1. The molecule has 1 aromatic heterocycles. The minimum atomic E-state index is -2.33. The quantitative estimate of drug-likeness (QED) is 0.735. The predicted octanol–water partition coefficient (Wildman–Crippen LogP) is 0.656. The lowest BCUT2D eigenvalue weighted by atomic mass is 10.3. The molecular formula is C8H8N4O2. The third-order valence-electron chi connectivity index (χ3n) is 1.62. The summed E-state index contributed by atoms with van der Waals surface area (Å²) in [5.41, 5.74) is 0.916. The number of benzene rings is 1. The summed E-state index contributed by atoms with van der Waals surface area (Å²) in [6, 6.07) is 6.70. The predicted molar refractivity (Wildman–Crippen MR) is 48.7 cm³/mol. The zero-order chi connectivity index (χ0) is 11.8. The van der Waals surface area contributed by atoms with E-state index in [1.807, 2.05) is 0 Å². The highest BCUT2D eigenvalue weighted by molar-refractivity contribution is 5.74. The lowest BCUT2D eigenvalue weighted by molar-refractivity contribution is 0.190. The van der Waals surface area contributed by atoms with Gasteiger partial charge in [0, 0.05) is 0 Å². The molecule has 1 aromatic carbocycles. The maximum atomic E-state index is 10.4. The van der Waals surface area contributed by atoms with E-state index in [2.05, 4.69) is 10.3 Å². The van der Waals surface area contributed by atoms with Crippen LogP contribution in [0.2, 0.25) is 0 Å². The topological polar surface area (TPSA) is 80.0 Å². The molecule has 72 valence electrons. The summed E-state index contributed by atoms with van der Waals surface area (Å²) in [7, 11) is 0. The number of amides is 1. The molecule has 0 bridgehead atoms. The van der Waals surface area contributed by atoms with Crippen molar-refractivity contribution in [1.82, 2.24) is 20.3 Å². The van der Waals surface area contributed by atoms with Gasteiger partial charge in [0.15, 0.2) is 0 Å². The number of carboxylic acid groups (broad SMARTS) is 1. The molecule has 2 aromatic rings. The highest BCUT2D eigenvalue weighted by Gasteiger charge is 2.03. The van der Waals surface area contributed by atoms with Gasteiger partial charge in [-0.25, -0.2) is 9.48 Å². The number of hydrogen-bond acceptors (Lipinski definition) is 3. The lowest BCUT2D eigenvalue weighted by Crippen LogP contribution is -2.24. The molecule has 1 amide bonds. The monoisotopic (exact) mass is 194 g/mol. The van der Waals surface area contributed by atoms with E-state index in [0.717, 1.165) is 4.68 Å². The zero-order valence-corrected chi connectivity index (χ0v) is 7.01. The van der Waals surface area contributed by atoms with Crippen LogP contribution in [0.3, 0.4) is 0 Å². The number of aromatic nitrogens is 3. The van der Waals surface area contributed by atoms with E-state index < -0.39 is 12.7 Å². The van der Waals surface area contributed by atoms with Crippen molar-refractivity contribution in [3.63, 3.8) is 0 Å². The number of nitrogens with one attached hydrogen (secondary N) is 1. The van der Waals surface area contributed by atoms with Gasteiger partial charge in [0.25, 0.3) is 0 Å². The van der Waals surface area contributed by atoms with E-state index in [0.29, 0.717) is 11.0 Å². The number of carbonyl (C=O) groups is 1. The smallest absolute Gasteiger partial charge is 0.406 e. The van der Waals surface area contributed by atoms with Crippen molar-refractivity contribution < 1.29 is 12.6 Å². The Morgan fingerprint density at radius 3 is 3.21 bits per heavy atom. The molecule has 0 radical (unpaired) electrons. The second kappa shape index (κ2) is 3.33. The fourth-order valence-corrected chi connectivity index (χ4v) is 1.05. The van der Waals surface area contributed by atoms with E-state index in [9.17, 15) is 4.79 Å². The zero-order valence-electron chi connectivity index (χ0n) is 9.01. The minimum absolute atomic E-state index is 0.418. The van der Waals surface area contributed by atoms with Crippen molar-refractivity contribution in [3.8, 4) is 0 Å². The Morgan fingerprint density at radius 1 is 1.64 bits per heavy atom. The maximum Gasteiger partial charge on any atom is 0.406 e. The van der Waals surface area contributed by atoms with E-state index >= 15 is 0 Å². The van der Waals surface area contributed by atoms with Crippen molar-refractivity contribution in [3.05, 3.63) is 24.3 Å². The number of hydrogen-bond donors (Lipinski definition) is 2. The fourth-order valence-electron chi connectivity index (χ4n) is 1.05. The van der Waals surface area contributed by atoms with Crippen LogP contribution in [0.15, 0.2) is 24.3 Å². The average molecular weight is 194 g/mol. The normalized spacial score (nSPS) is 13.4. The molecule has 0 unspecified atom stereocenters. The molecule has 2 rings (SSSR count). The standard InChI is InChI=1S/C8H8N4O2/c13-8(14)9-5-12-7-4-2-1-3-6(7)10-11-12/h1-4,9H,5H2,(H,13,14)/i5D2. The van der Waals surface area contributed by atoms with Crippen LogP contribution in [-0.2, 0) is 6.62 Å². The molecule has 0 atom stereocenters. The van der Waals surface area contributed by atoms with Crippen LogP contribution in [0.25, 0.3) is 11.0 Å². The number of fused-ring (bicyclic) bond motifs is 1. The van der Waals surface area contributed by atoms with Crippen molar-refractivity contribution in [1.29, 1.82) is 0 Å². The van der Waals surface area contributed by atoms with Crippen molar-refractivity contribution in [2.45, 2.75) is 6.62 Å². The van der Waals surface area contributed by atoms with Crippen LogP contribution in [-0.4, -0.2) is 26.2 Å². The highest BCUT2D eigenvalue weighted by Crippen LogP contribution is 2.08. The molecular weight excluding hydrogens is 184 g/mol. The minimum Gasteiger partial charge on any atom is -0.465 e. The molecule has 0 saturated heterocycles. The first-order valence-corrected chi connectivity index (χ1v) is 3.83. The molecule has 0 aliphatic carbocycles. The Labute approximate surface area is 82.0 Å². The Balaban J connectivity index is 2.50. The second-order valence-electron chi connectivity index (χ2n) is 2.53. The van der Waals surface area contributed by atoms with E-state index in [1.165, 1.54) is 0 Å². The first-order chi connectivity index (χ1) is 7.50. The van der Waals surface area contributed by atoms with Crippen LogP contribution in [0, 0.1) is 0 Å². The van der Waals surface area contributed by atoms with Crippen LogP contribution >= 0.6 is 0 Å². The Kier molecular flexibility index (Phi) is 1.51. The van der Waals surface area contributed by atoms with Crippen LogP contribution in [0.4, 0.5) is 4.79 Å². The summed E-state index contributed by atoms with van der Waals surface area (Å²) in [5.74, 6) is 0. The second-order valence-corrected chi connectivity index (χ2v) is 2.53. The van der Waals surface area contributed by atoms with Crippen LogP contribution < -0.4 is 5.32 Å². The number of nitrogens with zero attached hydrogens (tertiary/aromatic N) is 3. The van der Waals surface area contributed by atoms with Gasteiger partial charge in [0.2, 0.25) is 0 Å². The summed E-state index contributed by atoms with van der Waals surface area (Å²) < 4.78 is 15.9. The first kappa shape index (κ1) is 6.36. The van der Waals surface area contributed by atoms with Gasteiger partial charge in [-0.1, -0.05) is 17.3 Å². The van der Waals surface area contributed by atoms with Gasteiger partial charge in [-0.15, -0.1) is 5.10 Å². The molecule has 14 heavy (non-hydrogen) atoms. The van der Waals surface area contributed by atoms with Gasteiger partial charge >= 0.3 is 6.09 Å².